The maximum Gasteiger partial charge on any atom is 0.320 e. The number of rotatable bonds is 20. The van der Waals surface area contributed by atoms with Crippen LogP contribution in [0, 0.1) is 0 Å². The Bertz CT molecular complexity index is 411. The fourth-order valence-electron chi connectivity index (χ4n) is 3.15. The minimum absolute atomic E-state index is 0.0257. The highest BCUT2D eigenvalue weighted by Crippen LogP contribution is 2.12. The summed E-state index contributed by atoms with van der Waals surface area (Å²) in [4.78, 5) is 22.3. The van der Waals surface area contributed by atoms with E-state index < -0.39 is 12.0 Å². The van der Waals surface area contributed by atoms with Gasteiger partial charge in [-0.2, -0.15) is 0 Å². The first-order chi connectivity index (χ1) is 13.6. The van der Waals surface area contributed by atoms with Gasteiger partial charge in [-0.3, -0.25) is 9.59 Å². The highest BCUT2D eigenvalue weighted by Gasteiger charge is 2.09. The molecule has 5 nitrogen and oxygen atoms in total. The first-order valence-electron chi connectivity index (χ1n) is 11.5. The van der Waals surface area contributed by atoms with Crippen LogP contribution in [0.5, 0.6) is 0 Å². The molecule has 164 valence electrons. The number of allylic oxidation sites excluding steroid dienone is 1. The van der Waals surface area contributed by atoms with Crippen molar-refractivity contribution in [2.45, 2.75) is 116 Å². The summed E-state index contributed by atoms with van der Waals surface area (Å²) in [5, 5.41) is 11.5. The normalized spacial score (nSPS) is 12.4. The van der Waals surface area contributed by atoms with Crippen LogP contribution in [-0.2, 0) is 9.59 Å². The van der Waals surface area contributed by atoms with Crippen LogP contribution in [0.3, 0.4) is 0 Å². The lowest BCUT2D eigenvalue weighted by atomic mass is 10.1. The molecule has 1 amide bonds. The Balaban J connectivity index is 3.32. The number of hydrogen-bond donors (Lipinski definition) is 3. The molecule has 0 saturated heterocycles. The van der Waals surface area contributed by atoms with Crippen LogP contribution in [0.25, 0.3) is 0 Å². The van der Waals surface area contributed by atoms with Gasteiger partial charge in [0, 0.05) is 13.0 Å². The van der Waals surface area contributed by atoms with E-state index in [1.54, 1.807) is 0 Å². The molecule has 0 aliphatic heterocycles. The van der Waals surface area contributed by atoms with Crippen LogP contribution in [0.4, 0.5) is 0 Å². The molecule has 0 aliphatic rings. The zero-order chi connectivity index (χ0) is 20.9. The number of nitrogens with two attached hydrogens (primary N) is 1. The van der Waals surface area contributed by atoms with Crippen LogP contribution >= 0.6 is 0 Å². The first-order valence-corrected chi connectivity index (χ1v) is 11.5. The Hall–Kier alpha value is -1.36. The Morgan fingerprint density at radius 1 is 0.857 bits per heavy atom. The monoisotopic (exact) mass is 396 g/mol. The number of carbonyl (C=O) groups is 2. The van der Waals surface area contributed by atoms with Gasteiger partial charge < -0.3 is 16.2 Å². The number of nitrogens with one attached hydrogen (secondary N) is 1. The predicted molar refractivity (Wildman–Crippen MR) is 117 cm³/mol. The highest BCUT2D eigenvalue weighted by atomic mass is 16.4. The predicted octanol–water partition coefficient (Wildman–Crippen LogP) is 5.33. The lowest BCUT2D eigenvalue weighted by Crippen LogP contribution is -2.30. The Morgan fingerprint density at radius 3 is 2.00 bits per heavy atom. The summed E-state index contributed by atoms with van der Waals surface area (Å²) in [5.74, 6) is -0.940. The molecule has 0 spiro atoms. The molecular weight excluding hydrogens is 352 g/mol. The molecule has 0 radical (unpaired) electrons. The second-order valence-corrected chi connectivity index (χ2v) is 7.79. The lowest BCUT2D eigenvalue weighted by Gasteiger charge is -2.06. The summed E-state index contributed by atoms with van der Waals surface area (Å²) in [6.45, 7) is 2.84. The third kappa shape index (κ3) is 19.4. The minimum Gasteiger partial charge on any atom is -0.480 e. The van der Waals surface area contributed by atoms with Gasteiger partial charge in [-0.1, -0.05) is 83.3 Å². The average molecular weight is 397 g/mol. The molecule has 0 saturated carbocycles. The third-order valence-electron chi connectivity index (χ3n) is 5.03. The van der Waals surface area contributed by atoms with Crippen molar-refractivity contribution in [2.75, 3.05) is 6.54 Å². The third-order valence-corrected chi connectivity index (χ3v) is 5.03. The smallest absolute Gasteiger partial charge is 0.320 e. The van der Waals surface area contributed by atoms with Gasteiger partial charge in [0.2, 0.25) is 5.91 Å². The van der Waals surface area contributed by atoms with Crippen LogP contribution in [0.2, 0.25) is 0 Å². The van der Waals surface area contributed by atoms with Crippen molar-refractivity contribution in [1.29, 1.82) is 0 Å². The fourth-order valence-corrected chi connectivity index (χ4v) is 3.15. The van der Waals surface area contributed by atoms with Gasteiger partial charge in [0.15, 0.2) is 0 Å². The van der Waals surface area contributed by atoms with Gasteiger partial charge in [0.25, 0.3) is 0 Å². The maximum atomic E-state index is 11.7. The number of carboxylic acids is 1. The first kappa shape index (κ1) is 26.6. The van der Waals surface area contributed by atoms with Crippen LogP contribution in [-0.4, -0.2) is 29.6 Å². The minimum atomic E-state index is -0.966. The molecule has 28 heavy (non-hydrogen) atoms. The highest BCUT2D eigenvalue weighted by molar-refractivity contribution is 5.77. The fraction of sp³-hybridized carbons (Fsp3) is 0.826. The number of carbonyl (C=O) groups excluding carboxylic acids is 1. The van der Waals surface area contributed by atoms with E-state index in [1.807, 2.05) is 6.08 Å². The van der Waals surface area contributed by atoms with Crippen molar-refractivity contribution in [2.24, 2.45) is 5.73 Å². The largest absolute Gasteiger partial charge is 0.480 e. The number of aliphatic carboxylic acids is 1. The summed E-state index contributed by atoms with van der Waals surface area (Å²) >= 11 is 0. The van der Waals surface area contributed by atoms with E-state index in [0.29, 0.717) is 25.8 Å². The lowest BCUT2D eigenvalue weighted by molar-refractivity contribution is -0.138. The molecule has 0 aromatic heterocycles. The SMILES string of the molecule is CCCCCCCCCCCCC/C=C/CC(=O)NCCCC[C@H](N)C(=O)O. The number of hydrogen-bond acceptors (Lipinski definition) is 3. The van der Waals surface area contributed by atoms with Crippen LogP contribution in [0.15, 0.2) is 12.2 Å². The van der Waals surface area contributed by atoms with E-state index >= 15 is 0 Å². The van der Waals surface area contributed by atoms with Crippen molar-refractivity contribution in [3.8, 4) is 0 Å². The van der Waals surface area contributed by atoms with E-state index in [0.717, 1.165) is 12.8 Å². The molecule has 5 heteroatoms. The Kier molecular flexibility index (Phi) is 19.4. The van der Waals surface area contributed by atoms with Crippen molar-refractivity contribution in [1.82, 2.24) is 5.32 Å². The van der Waals surface area contributed by atoms with Crippen molar-refractivity contribution in [3.05, 3.63) is 12.2 Å². The standard InChI is InChI=1S/C23H44N2O3/c1-2-3-4-5-6-7-8-9-10-11-12-13-14-15-19-22(26)25-20-17-16-18-21(24)23(27)28/h14-15,21H,2-13,16-20,24H2,1H3,(H,25,26)(H,27,28)/b15-14+/t21-/m0/s1. The van der Waals surface area contributed by atoms with Crippen molar-refractivity contribution in [3.63, 3.8) is 0 Å². The second kappa shape index (κ2) is 20.4. The Morgan fingerprint density at radius 2 is 1.43 bits per heavy atom. The molecular formula is C23H44N2O3. The quantitative estimate of drug-likeness (QED) is 0.191. The number of unbranched alkanes of at least 4 members (excludes halogenated alkanes) is 12. The summed E-state index contributed by atoms with van der Waals surface area (Å²) in [5.41, 5.74) is 5.43. The van der Waals surface area contributed by atoms with Crippen LogP contribution < -0.4 is 11.1 Å². The maximum absolute atomic E-state index is 11.7. The van der Waals surface area contributed by atoms with E-state index in [-0.39, 0.29) is 5.91 Å². The molecule has 0 rings (SSSR count). The van der Waals surface area contributed by atoms with Gasteiger partial charge in [-0.25, -0.2) is 0 Å². The van der Waals surface area contributed by atoms with Gasteiger partial charge >= 0.3 is 5.97 Å². The van der Waals surface area contributed by atoms with Gasteiger partial charge in [-0.05, 0) is 32.1 Å². The molecule has 0 heterocycles. The topological polar surface area (TPSA) is 92.4 Å². The zero-order valence-electron chi connectivity index (χ0n) is 18.1. The number of amides is 1. The van der Waals surface area contributed by atoms with E-state index in [9.17, 15) is 9.59 Å². The van der Waals surface area contributed by atoms with E-state index in [4.69, 9.17) is 10.8 Å². The number of carboxylic acid groups (broad SMARTS) is 1. The van der Waals surface area contributed by atoms with E-state index in [2.05, 4.69) is 18.3 Å². The summed E-state index contributed by atoms with van der Waals surface area (Å²) in [7, 11) is 0. The van der Waals surface area contributed by atoms with E-state index in [1.165, 1.54) is 70.6 Å². The molecule has 4 N–H and O–H groups in total. The summed E-state index contributed by atoms with van der Waals surface area (Å²) in [6.07, 6.45) is 22.3. The van der Waals surface area contributed by atoms with Gasteiger partial charge in [0.1, 0.15) is 6.04 Å². The molecule has 0 fully saturated rings. The van der Waals surface area contributed by atoms with Gasteiger partial charge in [-0.15, -0.1) is 0 Å². The zero-order valence-corrected chi connectivity index (χ0v) is 18.1. The molecule has 0 aliphatic carbocycles. The van der Waals surface area contributed by atoms with Crippen LogP contribution in [0.1, 0.15) is 110 Å². The molecule has 0 aromatic carbocycles. The van der Waals surface area contributed by atoms with Crippen molar-refractivity contribution < 1.29 is 14.7 Å². The van der Waals surface area contributed by atoms with Crippen molar-refractivity contribution >= 4 is 11.9 Å². The van der Waals surface area contributed by atoms with Gasteiger partial charge in [0.05, 0.1) is 0 Å². The summed E-state index contributed by atoms with van der Waals surface area (Å²) < 4.78 is 0. The molecule has 0 bridgehead atoms. The molecule has 0 aromatic rings. The summed E-state index contributed by atoms with van der Waals surface area (Å²) in [6, 6.07) is -0.797. The average Bonchev–Trinajstić information content (AvgIpc) is 2.67. The molecule has 0 unspecified atom stereocenters. The molecule has 1 atom stereocenters. The second-order valence-electron chi connectivity index (χ2n) is 7.79. The Labute approximate surface area is 172 Å².